The zero-order chi connectivity index (χ0) is 18.6. The molecule has 1 aromatic carbocycles. The monoisotopic (exact) mass is 403 g/mol. The lowest BCUT2D eigenvalue weighted by atomic mass is 10.3. The number of rotatable bonds is 5. The van der Waals surface area contributed by atoms with Crippen LogP contribution in [-0.2, 0) is 9.53 Å². The number of esters is 1. The smallest absolute Gasteiger partial charge is 0.359 e. The molecule has 0 fully saturated rings. The normalized spacial score (nSPS) is 11.7. The van der Waals surface area contributed by atoms with Crippen molar-refractivity contribution in [3.05, 3.63) is 46.0 Å². The first kappa shape index (κ1) is 19.4. The molecule has 1 heterocycles. The third-order valence-corrected chi connectivity index (χ3v) is 4.09. The summed E-state index contributed by atoms with van der Waals surface area (Å²) in [6, 6.07) is 3.50. The summed E-state index contributed by atoms with van der Waals surface area (Å²) in [7, 11) is 0. The van der Waals surface area contributed by atoms with E-state index in [2.05, 4.69) is 15.3 Å². The van der Waals surface area contributed by atoms with Crippen LogP contribution in [0.15, 0.2) is 29.6 Å². The molecule has 1 unspecified atom stereocenters. The molecule has 0 bridgehead atoms. The molecule has 132 valence electrons. The van der Waals surface area contributed by atoms with E-state index in [9.17, 15) is 14.0 Å². The minimum Gasteiger partial charge on any atom is -0.448 e. The van der Waals surface area contributed by atoms with E-state index < -0.39 is 23.8 Å². The van der Waals surface area contributed by atoms with Gasteiger partial charge in [-0.05, 0) is 31.4 Å². The van der Waals surface area contributed by atoms with Crippen molar-refractivity contribution in [1.29, 1.82) is 0 Å². The Hall–Kier alpha value is -1.90. The highest BCUT2D eigenvalue weighted by atomic mass is 35.5. The second kappa shape index (κ2) is 8.46. The van der Waals surface area contributed by atoms with Crippen molar-refractivity contribution in [2.75, 3.05) is 11.6 Å². The van der Waals surface area contributed by atoms with E-state index in [0.717, 1.165) is 12.1 Å². The van der Waals surface area contributed by atoms with Crippen molar-refractivity contribution in [3.63, 3.8) is 0 Å². The molecular weight excluding hydrogens is 392 g/mol. The number of hydrogen-bond donors (Lipinski definition) is 1. The van der Waals surface area contributed by atoms with Crippen molar-refractivity contribution in [2.45, 2.75) is 18.2 Å². The number of carbonyl (C=O) groups is 2. The van der Waals surface area contributed by atoms with Gasteiger partial charge in [0, 0.05) is 0 Å². The van der Waals surface area contributed by atoms with E-state index in [1.807, 2.05) is 0 Å². The summed E-state index contributed by atoms with van der Waals surface area (Å²) >= 11 is 12.9. The molecule has 0 aliphatic heterocycles. The molecule has 0 saturated carbocycles. The summed E-state index contributed by atoms with van der Waals surface area (Å²) in [5.41, 5.74) is 0.0567. The molecule has 2 rings (SSSR count). The highest BCUT2D eigenvalue weighted by Crippen LogP contribution is 2.23. The molecule has 0 aliphatic rings. The number of hydrogen-bond acceptors (Lipinski definition) is 6. The third-order valence-electron chi connectivity index (χ3n) is 2.94. The fourth-order valence-electron chi connectivity index (χ4n) is 1.69. The van der Waals surface area contributed by atoms with Gasteiger partial charge < -0.3 is 10.1 Å². The van der Waals surface area contributed by atoms with E-state index in [-0.39, 0.29) is 21.4 Å². The Labute approximate surface area is 157 Å². The van der Waals surface area contributed by atoms with Crippen LogP contribution < -0.4 is 5.32 Å². The molecule has 0 spiro atoms. The predicted octanol–water partition coefficient (Wildman–Crippen LogP) is 3.83. The molecule has 2 aromatic rings. The Morgan fingerprint density at radius 2 is 2.04 bits per heavy atom. The molecule has 0 radical (unpaired) electrons. The summed E-state index contributed by atoms with van der Waals surface area (Å²) in [6.07, 6.45) is 1.86. The van der Waals surface area contributed by atoms with Crippen LogP contribution in [0.3, 0.4) is 0 Å². The van der Waals surface area contributed by atoms with Gasteiger partial charge in [-0.3, -0.25) is 4.79 Å². The summed E-state index contributed by atoms with van der Waals surface area (Å²) in [5.74, 6) is -2.04. The first-order valence-corrected chi connectivity index (χ1v) is 8.83. The summed E-state index contributed by atoms with van der Waals surface area (Å²) in [4.78, 5) is 32.1. The van der Waals surface area contributed by atoms with Crippen LogP contribution in [0.4, 0.5) is 10.1 Å². The molecule has 6 nitrogen and oxygen atoms in total. The highest BCUT2D eigenvalue weighted by Gasteiger charge is 2.23. The standard InChI is InChI=1S/C15H12Cl2FN3O3S/c1-7(13(22)20-11-4-3-8(18)5-9(11)16)24-14(23)12-10(17)6-19-15(21-12)25-2/h3-7H,1-2H3,(H,20,22). The number of halogens is 3. The average Bonchev–Trinajstić information content (AvgIpc) is 2.57. The number of aromatic nitrogens is 2. The maximum Gasteiger partial charge on any atom is 0.359 e. The van der Waals surface area contributed by atoms with Gasteiger partial charge in [-0.1, -0.05) is 35.0 Å². The molecule has 0 saturated heterocycles. The molecule has 1 N–H and O–H groups in total. The zero-order valence-corrected chi connectivity index (χ0v) is 15.4. The highest BCUT2D eigenvalue weighted by molar-refractivity contribution is 7.98. The van der Waals surface area contributed by atoms with Crippen molar-refractivity contribution in [1.82, 2.24) is 9.97 Å². The Morgan fingerprint density at radius 3 is 2.68 bits per heavy atom. The average molecular weight is 404 g/mol. The van der Waals surface area contributed by atoms with Crippen LogP contribution in [-0.4, -0.2) is 34.2 Å². The third kappa shape index (κ3) is 5.04. The lowest BCUT2D eigenvalue weighted by Crippen LogP contribution is -2.30. The van der Waals surface area contributed by atoms with Gasteiger partial charge in [0.1, 0.15) is 5.82 Å². The molecule has 1 aromatic heterocycles. The van der Waals surface area contributed by atoms with Gasteiger partial charge in [0.05, 0.1) is 21.9 Å². The second-order valence-corrected chi connectivity index (χ2v) is 6.30. The molecule has 1 atom stereocenters. The van der Waals surface area contributed by atoms with E-state index in [0.29, 0.717) is 5.16 Å². The number of benzene rings is 1. The predicted molar refractivity (Wildman–Crippen MR) is 93.7 cm³/mol. The Morgan fingerprint density at radius 1 is 1.32 bits per heavy atom. The van der Waals surface area contributed by atoms with Gasteiger partial charge in [-0.25, -0.2) is 19.2 Å². The number of ether oxygens (including phenoxy) is 1. The van der Waals surface area contributed by atoms with Gasteiger partial charge in [0.25, 0.3) is 5.91 Å². The van der Waals surface area contributed by atoms with E-state index in [4.69, 9.17) is 27.9 Å². The maximum absolute atomic E-state index is 13.0. The van der Waals surface area contributed by atoms with Gasteiger partial charge in [-0.15, -0.1) is 0 Å². The first-order chi connectivity index (χ1) is 11.8. The van der Waals surface area contributed by atoms with Crippen LogP contribution in [0.25, 0.3) is 0 Å². The van der Waals surface area contributed by atoms with E-state index >= 15 is 0 Å². The lowest BCUT2D eigenvalue weighted by Gasteiger charge is -2.14. The van der Waals surface area contributed by atoms with Crippen molar-refractivity contribution in [2.24, 2.45) is 0 Å². The van der Waals surface area contributed by atoms with E-state index in [1.54, 1.807) is 6.26 Å². The first-order valence-electron chi connectivity index (χ1n) is 6.85. The van der Waals surface area contributed by atoms with Crippen LogP contribution in [0.2, 0.25) is 10.0 Å². The second-order valence-electron chi connectivity index (χ2n) is 4.71. The molecule has 10 heteroatoms. The number of nitrogens with one attached hydrogen (secondary N) is 1. The minimum absolute atomic E-state index is 0.0111. The molecule has 0 aliphatic carbocycles. The number of amides is 1. The summed E-state index contributed by atoms with van der Waals surface area (Å²) < 4.78 is 18.1. The van der Waals surface area contributed by atoms with Crippen LogP contribution in [0.1, 0.15) is 17.4 Å². The molecule has 25 heavy (non-hydrogen) atoms. The van der Waals surface area contributed by atoms with E-state index in [1.165, 1.54) is 30.9 Å². The number of carbonyl (C=O) groups excluding carboxylic acids is 2. The summed E-state index contributed by atoms with van der Waals surface area (Å²) in [5, 5.41) is 2.82. The van der Waals surface area contributed by atoms with Gasteiger partial charge in [0.2, 0.25) is 0 Å². The van der Waals surface area contributed by atoms with Crippen LogP contribution in [0.5, 0.6) is 0 Å². The van der Waals surface area contributed by atoms with Gasteiger partial charge in [-0.2, -0.15) is 0 Å². The SMILES string of the molecule is CSc1ncc(Cl)c(C(=O)OC(C)C(=O)Nc2ccc(F)cc2Cl)n1. The number of thioether (sulfide) groups is 1. The molecule has 1 amide bonds. The Kier molecular flexibility index (Phi) is 6.57. The largest absolute Gasteiger partial charge is 0.448 e. The Balaban J connectivity index is 2.06. The van der Waals surface area contributed by atoms with Gasteiger partial charge >= 0.3 is 5.97 Å². The van der Waals surface area contributed by atoms with Crippen molar-refractivity contribution < 1.29 is 18.7 Å². The zero-order valence-electron chi connectivity index (χ0n) is 13.0. The van der Waals surface area contributed by atoms with Crippen LogP contribution >= 0.6 is 35.0 Å². The number of nitrogens with zero attached hydrogens (tertiary/aromatic N) is 2. The van der Waals surface area contributed by atoms with Gasteiger partial charge in [0.15, 0.2) is 17.0 Å². The molecular formula is C15H12Cl2FN3O3S. The minimum atomic E-state index is -1.16. The fourth-order valence-corrected chi connectivity index (χ4v) is 2.41. The summed E-state index contributed by atoms with van der Waals surface area (Å²) in [6.45, 7) is 1.37. The topological polar surface area (TPSA) is 81.2 Å². The maximum atomic E-state index is 13.0. The van der Waals surface area contributed by atoms with Crippen molar-refractivity contribution in [3.8, 4) is 0 Å². The Bertz CT molecular complexity index is 823. The van der Waals surface area contributed by atoms with Crippen molar-refractivity contribution >= 4 is 52.5 Å². The fraction of sp³-hybridized carbons (Fsp3) is 0.200. The quantitative estimate of drug-likeness (QED) is 0.464. The lowest BCUT2D eigenvalue weighted by molar-refractivity contribution is -0.123. The van der Waals surface area contributed by atoms with Crippen LogP contribution in [0, 0.1) is 5.82 Å². The number of anilines is 1.